The topological polar surface area (TPSA) is 62.0 Å². The van der Waals surface area contributed by atoms with E-state index in [1.807, 2.05) is 18.2 Å². The van der Waals surface area contributed by atoms with Crippen LogP contribution in [0.4, 0.5) is 0 Å². The number of aliphatic hydroxyl groups is 1. The normalized spacial score (nSPS) is 14.2. The zero-order valence-corrected chi connectivity index (χ0v) is 18.0. The summed E-state index contributed by atoms with van der Waals surface area (Å²) in [6, 6.07) is 9.19. The van der Waals surface area contributed by atoms with Crippen molar-refractivity contribution in [3.05, 3.63) is 35.9 Å². The van der Waals surface area contributed by atoms with Gasteiger partial charge in [-0.3, -0.25) is 0 Å². The summed E-state index contributed by atoms with van der Waals surface area (Å²) in [4.78, 5) is 0. The first kappa shape index (κ1) is 24.6. The molecule has 1 aromatic carbocycles. The van der Waals surface area contributed by atoms with Gasteiger partial charge in [0.2, 0.25) is 6.29 Å². The molecule has 0 aliphatic carbocycles. The minimum absolute atomic E-state index is 0.00509. The smallest absolute Gasteiger partial charge is 0.202 e. The Balaban J connectivity index is 2.27. The van der Waals surface area contributed by atoms with E-state index in [1.54, 1.807) is 12.1 Å². The third-order valence-electron chi connectivity index (χ3n) is 5.22. The van der Waals surface area contributed by atoms with Gasteiger partial charge in [-0.05, 0) is 12.8 Å². The first-order valence-electron chi connectivity index (χ1n) is 11.3. The quantitative estimate of drug-likeness (QED) is 0.102. The summed E-state index contributed by atoms with van der Waals surface area (Å²) in [5.74, 6) is 0. The molecule has 0 bridgehead atoms. The molecule has 0 saturated carbocycles. The number of hydrogen-bond acceptors (Lipinski definition) is 4. The number of oxime groups is 1. The van der Waals surface area contributed by atoms with Crippen LogP contribution < -0.4 is 0 Å². The van der Waals surface area contributed by atoms with Gasteiger partial charge >= 0.3 is 0 Å². The third kappa shape index (κ3) is 10.8. The summed E-state index contributed by atoms with van der Waals surface area (Å²) < 4.78 is 5.85. The average molecular weight is 392 g/mol. The molecule has 0 amide bonds. The molecular formula is C24H41NO3. The Bertz CT molecular complexity index is 504. The highest BCUT2D eigenvalue weighted by Crippen LogP contribution is 2.17. The van der Waals surface area contributed by atoms with Crippen molar-refractivity contribution < 1.29 is 15.1 Å². The first-order chi connectivity index (χ1) is 13.7. The van der Waals surface area contributed by atoms with Crippen LogP contribution in [0.1, 0.15) is 103 Å². The highest BCUT2D eigenvalue weighted by molar-refractivity contribution is 6.02. The number of hydrogen-bond donors (Lipinski definition) is 2. The summed E-state index contributed by atoms with van der Waals surface area (Å²) in [6.07, 6.45) is 14.8. The van der Waals surface area contributed by atoms with E-state index in [0.29, 0.717) is 5.56 Å². The molecule has 160 valence electrons. The molecule has 0 spiro atoms. The highest BCUT2D eigenvalue weighted by Gasteiger charge is 2.20. The van der Waals surface area contributed by atoms with Gasteiger partial charge in [0.05, 0.1) is 6.10 Å². The summed E-state index contributed by atoms with van der Waals surface area (Å²) in [7, 11) is 0. The van der Waals surface area contributed by atoms with Crippen LogP contribution in [0.5, 0.6) is 0 Å². The molecule has 2 unspecified atom stereocenters. The van der Waals surface area contributed by atoms with E-state index in [2.05, 4.69) is 19.0 Å². The van der Waals surface area contributed by atoms with Crippen LogP contribution in [0.2, 0.25) is 0 Å². The lowest BCUT2D eigenvalue weighted by Gasteiger charge is -2.22. The van der Waals surface area contributed by atoms with Gasteiger partial charge in [0, 0.05) is 5.56 Å². The van der Waals surface area contributed by atoms with Gasteiger partial charge in [-0.15, -0.1) is 0 Å². The minimum atomic E-state index is -1.20. The zero-order chi connectivity index (χ0) is 20.5. The van der Waals surface area contributed by atoms with Gasteiger partial charge in [0.1, 0.15) is 5.71 Å². The predicted octanol–water partition coefficient (Wildman–Crippen LogP) is 6.68. The summed E-state index contributed by atoms with van der Waals surface area (Å²) in [5, 5.41) is 23.0. The fourth-order valence-corrected chi connectivity index (χ4v) is 3.57. The second kappa shape index (κ2) is 16.6. The highest BCUT2D eigenvalue weighted by atomic mass is 16.6. The van der Waals surface area contributed by atoms with E-state index < -0.39 is 6.29 Å². The number of unbranched alkanes of at least 4 members (excludes halogenated alkanes) is 9. The molecule has 0 aromatic heterocycles. The number of rotatable bonds is 17. The van der Waals surface area contributed by atoms with Crippen LogP contribution >= 0.6 is 0 Å². The Labute approximate surface area is 172 Å². The van der Waals surface area contributed by atoms with Gasteiger partial charge in [-0.25, -0.2) is 0 Å². The molecule has 2 atom stereocenters. The Hall–Kier alpha value is -1.39. The fourth-order valence-electron chi connectivity index (χ4n) is 3.57. The van der Waals surface area contributed by atoms with E-state index in [0.717, 1.165) is 25.7 Å². The molecule has 0 aliphatic rings. The van der Waals surface area contributed by atoms with Crippen molar-refractivity contribution in [2.75, 3.05) is 0 Å². The molecule has 0 radical (unpaired) electrons. The lowest BCUT2D eigenvalue weighted by atomic mass is 10.0. The van der Waals surface area contributed by atoms with Crippen molar-refractivity contribution in [1.29, 1.82) is 0 Å². The predicted molar refractivity (Wildman–Crippen MR) is 117 cm³/mol. The van der Waals surface area contributed by atoms with Crippen LogP contribution in [0.15, 0.2) is 35.5 Å². The first-order valence-corrected chi connectivity index (χ1v) is 11.3. The lowest BCUT2D eigenvalue weighted by Crippen LogP contribution is -2.30. The van der Waals surface area contributed by atoms with Crippen LogP contribution in [0.25, 0.3) is 0 Å². The monoisotopic (exact) mass is 391 g/mol. The number of aliphatic hydroxyl groups excluding tert-OH is 1. The Kier molecular flexibility index (Phi) is 14.6. The second-order valence-corrected chi connectivity index (χ2v) is 7.72. The SMILES string of the molecule is CCCCCCCCCCCCC(CCC)OC(O)C(=NO)c1ccccc1. The van der Waals surface area contributed by atoms with Crippen molar-refractivity contribution in [3.63, 3.8) is 0 Å². The van der Waals surface area contributed by atoms with Crippen LogP contribution in [0.3, 0.4) is 0 Å². The Morgan fingerprint density at radius 1 is 0.821 bits per heavy atom. The van der Waals surface area contributed by atoms with Gasteiger partial charge in [0.15, 0.2) is 0 Å². The molecule has 2 N–H and O–H groups in total. The minimum Gasteiger partial charge on any atom is -0.410 e. The molecule has 4 heteroatoms. The average Bonchev–Trinajstić information content (AvgIpc) is 2.71. The van der Waals surface area contributed by atoms with Crippen LogP contribution in [-0.2, 0) is 4.74 Å². The fraction of sp³-hybridized carbons (Fsp3) is 0.708. The number of ether oxygens (including phenoxy) is 1. The maximum absolute atomic E-state index is 10.4. The molecular weight excluding hydrogens is 350 g/mol. The number of nitrogens with zero attached hydrogens (tertiary/aromatic N) is 1. The molecule has 1 aromatic rings. The van der Waals surface area contributed by atoms with E-state index >= 15 is 0 Å². The molecule has 28 heavy (non-hydrogen) atoms. The van der Waals surface area contributed by atoms with Gasteiger partial charge in [0.25, 0.3) is 0 Å². The van der Waals surface area contributed by atoms with E-state index in [-0.39, 0.29) is 11.8 Å². The largest absolute Gasteiger partial charge is 0.410 e. The lowest BCUT2D eigenvalue weighted by molar-refractivity contribution is -0.0981. The van der Waals surface area contributed by atoms with Gasteiger partial charge < -0.3 is 15.1 Å². The van der Waals surface area contributed by atoms with Gasteiger partial charge in [-0.2, -0.15) is 0 Å². The van der Waals surface area contributed by atoms with E-state index in [1.165, 1.54) is 57.8 Å². The van der Waals surface area contributed by atoms with Crippen molar-refractivity contribution in [2.24, 2.45) is 5.16 Å². The zero-order valence-electron chi connectivity index (χ0n) is 18.0. The summed E-state index contributed by atoms with van der Waals surface area (Å²) in [6.45, 7) is 4.38. The maximum Gasteiger partial charge on any atom is 0.202 e. The van der Waals surface area contributed by atoms with Crippen molar-refractivity contribution in [1.82, 2.24) is 0 Å². The second-order valence-electron chi connectivity index (χ2n) is 7.72. The third-order valence-corrected chi connectivity index (χ3v) is 5.22. The van der Waals surface area contributed by atoms with E-state index in [4.69, 9.17) is 4.74 Å². The van der Waals surface area contributed by atoms with Crippen LogP contribution in [0, 0.1) is 0 Å². The number of benzene rings is 1. The molecule has 0 heterocycles. The van der Waals surface area contributed by atoms with Crippen LogP contribution in [-0.4, -0.2) is 28.4 Å². The molecule has 4 nitrogen and oxygen atoms in total. The summed E-state index contributed by atoms with van der Waals surface area (Å²) in [5.41, 5.74) is 0.844. The van der Waals surface area contributed by atoms with Crippen molar-refractivity contribution in [2.45, 2.75) is 110 Å². The Morgan fingerprint density at radius 2 is 1.39 bits per heavy atom. The van der Waals surface area contributed by atoms with E-state index in [9.17, 15) is 10.3 Å². The standard InChI is InChI=1S/C24H41NO3/c1-3-5-6-7-8-9-10-11-12-16-20-22(17-4-2)28-24(26)23(25-27)21-18-14-13-15-19-21/h13-15,18-19,22,24,26-27H,3-12,16-17,20H2,1-2H3. The van der Waals surface area contributed by atoms with Crippen molar-refractivity contribution >= 4 is 5.71 Å². The molecule has 0 saturated heterocycles. The summed E-state index contributed by atoms with van der Waals surface area (Å²) >= 11 is 0. The molecule has 0 aliphatic heterocycles. The van der Waals surface area contributed by atoms with Crippen molar-refractivity contribution in [3.8, 4) is 0 Å². The Morgan fingerprint density at radius 3 is 1.93 bits per heavy atom. The molecule has 0 fully saturated rings. The molecule has 1 rings (SSSR count). The van der Waals surface area contributed by atoms with Gasteiger partial charge in [-0.1, -0.05) is 120 Å². The maximum atomic E-state index is 10.4.